The summed E-state index contributed by atoms with van der Waals surface area (Å²) in [4.78, 5) is 2.19. The molecule has 21 heavy (non-hydrogen) atoms. The predicted octanol–water partition coefficient (Wildman–Crippen LogP) is 1.81. The fourth-order valence-corrected chi connectivity index (χ4v) is 3.42. The zero-order valence-corrected chi connectivity index (χ0v) is 14.3. The Kier molecular flexibility index (Phi) is 7.09. The highest BCUT2D eigenvalue weighted by Gasteiger charge is 2.18. The predicted molar refractivity (Wildman–Crippen MR) is 86.9 cm³/mol. The summed E-state index contributed by atoms with van der Waals surface area (Å²) in [6, 6.07) is 5.21. The van der Waals surface area contributed by atoms with Crippen LogP contribution < -0.4 is 10.5 Å². The van der Waals surface area contributed by atoms with E-state index in [-0.39, 0.29) is 16.5 Å². The van der Waals surface area contributed by atoms with Gasteiger partial charge in [0.1, 0.15) is 4.90 Å². The molecule has 0 saturated carbocycles. The largest absolute Gasteiger partial charge is 0.326 e. The summed E-state index contributed by atoms with van der Waals surface area (Å²) in [7, 11) is -1.64. The van der Waals surface area contributed by atoms with Crippen molar-refractivity contribution in [2.45, 2.75) is 37.8 Å². The molecule has 5 nitrogen and oxygen atoms in total. The Bertz CT molecular complexity index is 563. The molecule has 0 aromatic heterocycles. The van der Waals surface area contributed by atoms with E-state index in [9.17, 15) is 8.42 Å². The highest BCUT2D eigenvalue weighted by molar-refractivity contribution is 7.89. The smallest absolute Gasteiger partial charge is 0.242 e. The number of nitrogens with two attached hydrogens (primary N) is 1. The second-order valence-corrected chi connectivity index (χ2v) is 7.25. The number of hydrogen-bond donors (Lipinski definition) is 2. The van der Waals surface area contributed by atoms with Crippen LogP contribution in [-0.4, -0.2) is 39.5 Å². The molecule has 0 radical (unpaired) electrons. The van der Waals surface area contributed by atoms with E-state index in [1.165, 1.54) is 6.07 Å². The molecule has 1 unspecified atom stereocenters. The van der Waals surface area contributed by atoms with Gasteiger partial charge >= 0.3 is 0 Å². The Morgan fingerprint density at radius 1 is 1.43 bits per heavy atom. The summed E-state index contributed by atoms with van der Waals surface area (Å²) in [5, 5.41) is 0.204. The molecule has 0 bridgehead atoms. The summed E-state index contributed by atoms with van der Waals surface area (Å²) >= 11 is 5.98. The van der Waals surface area contributed by atoms with E-state index in [0.717, 1.165) is 12.0 Å². The Morgan fingerprint density at radius 3 is 2.67 bits per heavy atom. The lowest BCUT2D eigenvalue weighted by molar-refractivity contribution is 0.256. The molecular weight excluding hydrogens is 310 g/mol. The maximum atomic E-state index is 12.3. The van der Waals surface area contributed by atoms with E-state index in [1.807, 2.05) is 7.05 Å². The van der Waals surface area contributed by atoms with Gasteiger partial charge in [-0.25, -0.2) is 13.1 Å². The van der Waals surface area contributed by atoms with Gasteiger partial charge in [-0.15, -0.1) is 0 Å². The third-order valence-corrected chi connectivity index (χ3v) is 5.56. The number of hydrogen-bond acceptors (Lipinski definition) is 4. The minimum absolute atomic E-state index is 0.0818. The number of nitrogens with zero attached hydrogens (tertiary/aromatic N) is 1. The second-order valence-electron chi connectivity index (χ2n) is 5.10. The van der Waals surface area contributed by atoms with Crippen molar-refractivity contribution in [3.05, 3.63) is 28.8 Å². The molecule has 0 aliphatic rings. The van der Waals surface area contributed by atoms with E-state index in [1.54, 1.807) is 12.1 Å². The van der Waals surface area contributed by atoms with Crippen molar-refractivity contribution in [2.75, 3.05) is 20.1 Å². The molecule has 0 heterocycles. The Hall–Kier alpha value is -0.660. The van der Waals surface area contributed by atoms with Crippen molar-refractivity contribution in [1.29, 1.82) is 0 Å². The monoisotopic (exact) mass is 333 g/mol. The maximum absolute atomic E-state index is 12.3. The van der Waals surface area contributed by atoms with Crippen LogP contribution in [0, 0.1) is 0 Å². The fraction of sp³-hybridized carbons (Fsp3) is 0.571. The highest BCUT2D eigenvalue weighted by Crippen LogP contribution is 2.22. The number of halogens is 1. The molecule has 1 aromatic rings. The molecule has 0 saturated heterocycles. The minimum Gasteiger partial charge on any atom is -0.326 e. The molecule has 3 N–H and O–H groups in total. The summed E-state index contributed by atoms with van der Waals surface area (Å²) in [6.07, 6.45) is 1.02. The van der Waals surface area contributed by atoms with Gasteiger partial charge in [0.2, 0.25) is 10.0 Å². The van der Waals surface area contributed by atoms with Crippen molar-refractivity contribution in [3.63, 3.8) is 0 Å². The number of benzene rings is 1. The average Bonchev–Trinajstić information content (AvgIpc) is 2.46. The van der Waals surface area contributed by atoms with Gasteiger partial charge in [0.05, 0.1) is 5.02 Å². The van der Waals surface area contributed by atoms with Gasteiger partial charge in [0, 0.05) is 25.7 Å². The number of sulfonamides is 1. The lowest BCUT2D eigenvalue weighted by Crippen LogP contribution is -2.37. The van der Waals surface area contributed by atoms with Crippen molar-refractivity contribution < 1.29 is 8.42 Å². The van der Waals surface area contributed by atoms with E-state index in [0.29, 0.717) is 19.1 Å². The van der Waals surface area contributed by atoms with Crippen LogP contribution in [0.5, 0.6) is 0 Å². The first-order valence-electron chi connectivity index (χ1n) is 7.00. The first kappa shape index (κ1) is 18.4. The molecule has 1 atom stereocenters. The van der Waals surface area contributed by atoms with Gasteiger partial charge in [-0.05, 0) is 38.1 Å². The van der Waals surface area contributed by atoms with Crippen LogP contribution in [0.2, 0.25) is 5.02 Å². The van der Waals surface area contributed by atoms with Crippen molar-refractivity contribution in [1.82, 2.24) is 9.62 Å². The van der Waals surface area contributed by atoms with Gasteiger partial charge in [0.25, 0.3) is 0 Å². The van der Waals surface area contributed by atoms with Crippen LogP contribution in [0.1, 0.15) is 25.8 Å². The molecule has 1 rings (SSSR count). The van der Waals surface area contributed by atoms with Crippen molar-refractivity contribution >= 4 is 21.6 Å². The van der Waals surface area contributed by atoms with Gasteiger partial charge in [-0.3, -0.25) is 0 Å². The molecule has 1 aromatic carbocycles. The Morgan fingerprint density at radius 2 is 2.10 bits per heavy atom. The van der Waals surface area contributed by atoms with Gasteiger partial charge in [-0.2, -0.15) is 0 Å². The molecule has 0 fully saturated rings. The van der Waals surface area contributed by atoms with E-state index in [2.05, 4.69) is 23.5 Å². The fourth-order valence-electron chi connectivity index (χ4n) is 1.85. The van der Waals surface area contributed by atoms with E-state index in [4.69, 9.17) is 17.3 Å². The number of likely N-dealkylation sites (N-methyl/N-ethyl adjacent to an activating group) is 1. The standard InChI is InChI=1S/C14H24ClN3O2S/c1-4-11(2)18(3)8-7-17-21(19,20)14-9-12(10-16)5-6-13(14)15/h5-6,9,11,17H,4,7-8,10,16H2,1-3H3. The number of rotatable bonds is 8. The Labute approximate surface area is 132 Å². The summed E-state index contributed by atoms with van der Waals surface area (Å²) in [5.41, 5.74) is 6.27. The van der Waals surface area contributed by atoms with E-state index < -0.39 is 10.0 Å². The highest BCUT2D eigenvalue weighted by atomic mass is 35.5. The summed E-state index contributed by atoms with van der Waals surface area (Å²) in [6.45, 7) is 5.46. The second kappa shape index (κ2) is 8.10. The summed E-state index contributed by atoms with van der Waals surface area (Å²) < 4.78 is 27.2. The maximum Gasteiger partial charge on any atom is 0.242 e. The quantitative estimate of drug-likeness (QED) is 0.760. The normalized spacial score (nSPS) is 13.6. The molecule has 7 heteroatoms. The van der Waals surface area contributed by atoms with Crippen LogP contribution in [0.15, 0.2) is 23.1 Å². The third-order valence-electron chi connectivity index (χ3n) is 3.62. The van der Waals surface area contributed by atoms with Crippen molar-refractivity contribution in [2.24, 2.45) is 5.73 Å². The topological polar surface area (TPSA) is 75.4 Å². The van der Waals surface area contributed by atoms with Crippen molar-refractivity contribution in [3.8, 4) is 0 Å². The average molecular weight is 334 g/mol. The Balaban J connectivity index is 2.74. The summed E-state index contributed by atoms with van der Waals surface area (Å²) in [5.74, 6) is 0. The van der Waals surface area contributed by atoms with Crippen LogP contribution >= 0.6 is 11.6 Å². The zero-order chi connectivity index (χ0) is 16.0. The lowest BCUT2D eigenvalue weighted by Gasteiger charge is -2.23. The third kappa shape index (κ3) is 5.23. The van der Waals surface area contributed by atoms with Crippen LogP contribution in [0.25, 0.3) is 0 Å². The molecule has 0 aliphatic heterocycles. The van der Waals surface area contributed by atoms with Crippen LogP contribution in [0.4, 0.5) is 0 Å². The molecule has 120 valence electrons. The van der Waals surface area contributed by atoms with Crippen LogP contribution in [-0.2, 0) is 16.6 Å². The van der Waals surface area contributed by atoms with Gasteiger partial charge in [-0.1, -0.05) is 24.6 Å². The van der Waals surface area contributed by atoms with Gasteiger partial charge < -0.3 is 10.6 Å². The zero-order valence-electron chi connectivity index (χ0n) is 12.8. The first-order valence-corrected chi connectivity index (χ1v) is 8.86. The number of nitrogens with one attached hydrogen (secondary N) is 1. The molecule has 0 amide bonds. The van der Waals surface area contributed by atoms with E-state index >= 15 is 0 Å². The first-order chi connectivity index (χ1) is 9.81. The van der Waals surface area contributed by atoms with Crippen LogP contribution in [0.3, 0.4) is 0 Å². The lowest BCUT2D eigenvalue weighted by atomic mass is 10.2. The van der Waals surface area contributed by atoms with Gasteiger partial charge in [0.15, 0.2) is 0 Å². The molecular formula is C14H24ClN3O2S. The minimum atomic E-state index is -3.62. The molecule has 0 aliphatic carbocycles. The molecule has 0 spiro atoms. The SMILES string of the molecule is CCC(C)N(C)CCNS(=O)(=O)c1cc(CN)ccc1Cl.